The van der Waals surface area contributed by atoms with Crippen molar-refractivity contribution in [3.05, 3.63) is 53.8 Å². The Morgan fingerprint density at radius 3 is 2.53 bits per heavy atom. The van der Waals surface area contributed by atoms with E-state index >= 15 is 0 Å². The number of hydrogen-bond donors (Lipinski definition) is 1. The van der Waals surface area contributed by atoms with Crippen molar-refractivity contribution in [2.45, 2.75) is 6.92 Å². The number of fused-ring (bicyclic) bond motifs is 1. The third-order valence-corrected chi connectivity index (χ3v) is 4.41. The minimum absolute atomic E-state index is 0.296. The first-order valence-electron chi connectivity index (χ1n) is 5.68. The Labute approximate surface area is 110 Å². The molecule has 2 aromatic carbocycles. The zero-order valence-electron chi connectivity index (χ0n) is 10.1. The van der Waals surface area contributed by atoms with E-state index in [0.717, 1.165) is 4.31 Å². The van der Waals surface area contributed by atoms with Crippen LogP contribution in [0, 0.1) is 12.7 Å². The fourth-order valence-corrected chi connectivity index (χ4v) is 3.54. The highest BCUT2D eigenvalue weighted by Crippen LogP contribution is 2.42. The molecule has 0 unspecified atom stereocenters. The molecule has 0 amide bonds. The first-order chi connectivity index (χ1) is 9.00. The van der Waals surface area contributed by atoms with Crippen molar-refractivity contribution in [1.29, 1.82) is 0 Å². The topological polar surface area (TPSA) is 49.4 Å². The van der Waals surface area contributed by atoms with Crippen molar-refractivity contribution >= 4 is 27.3 Å². The first kappa shape index (κ1) is 12.0. The van der Waals surface area contributed by atoms with E-state index in [1.165, 1.54) is 12.1 Å². The molecule has 1 aliphatic rings. The highest BCUT2D eigenvalue weighted by atomic mass is 32.2. The van der Waals surface area contributed by atoms with Gasteiger partial charge in [0.25, 0.3) is 0 Å². The minimum atomic E-state index is -3.72. The van der Waals surface area contributed by atoms with Gasteiger partial charge in [0.2, 0.25) is 0 Å². The number of benzene rings is 2. The highest BCUT2D eigenvalue weighted by molar-refractivity contribution is 7.95. The van der Waals surface area contributed by atoms with E-state index in [1.54, 1.807) is 37.3 Å². The Morgan fingerprint density at radius 2 is 1.74 bits per heavy atom. The number of rotatable bonds is 1. The molecule has 0 saturated carbocycles. The molecule has 98 valence electrons. The van der Waals surface area contributed by atoms with E-state index in [1.807, 2.05) is 0 Å². The lowest BCUT2D eigenvalue weighted by atomic mass is 10.1. The van der Waals surface area contributed by atoms with Gasteiger partial charge >= 0.3 is 10.2 Å². The largest absolute Gasteiger partial charge is 0.328 e. The number of nitrogens with one attached hydrogen (secondary N) is 1. The Hall–Kier alpha value is -2.08. The van der Waals surface area contributed by atoms with Crippen LogP contribution in [0.1, 0.15) is 5.56 Å². The molecule has 2 aromatic rings. The van der Waals surface area contributed by atoms with Crippen LogP contribution in [0.15, 0.2) is 42.5 Å². The molecule has 0 spiro atoms. The van der Waals surface area contributed by atoms with Crippen LogP contribution in [0.2, 0.25) is 0 Å². The lowest BCUT2D eigenvalue weighted by Gasteiger charge is -2.19. The summed E-state index contributed by atoms with van der Waals surface area (Å²) in [5.41, 5.74) is 1.60. The van der Waals surface area contributed by atoms with Crippen LogP contribution in [0.3, 0.4) is 0 Å². The number of halogens is 1. The van der Waals surface area contributed by atoms with Crippen molar-refractivity contribution in [3.63, 3.8) is 0 Å². The molecule has 1 aliphatic heterocycles. The van der Waals surface area contributed by atoms with E-state index < -0.39 is 16.0 Å². The fraction of sp³-hybridized carbons (Fsp3) is 0.0769. The summed E-state index contributed by atoms with van der Waals surface area (Å²) in [6.07, 6.45) is 0. The summed E-state index contributed by atoms with van der Waals surface area (Å²) < 4.78 is 41.5. The molecule has 0 atom stereocenters. The van der Waals surface area contributed by atoms with Crippen LogP contribution in [0.25, 0.3) is 0 Å². The lowest BCUT2D eigenvalue weighted by molar-refractivity contribution is 0.602. The van der Waals surface area contributed by atoms with E-state index in [9.17, 15) is 12.8 Å². The lowest BCUT2D eigenvalue weighted by Crippen LogP contribution is -2.26. The van der Waals surface area contributed by atoms with Crippen LogP contribution < -0.4 is 9.03 Å². The van der Waals surface area contributed by atoms with Gasteiger partial charge in [0, 0.05) is 5.56 Å². The van der Waals surface area contributed by atoms with Gasteiger partial charge in [-0.15, -0.1) is 0 Å². The summed E-state index contributed by atoms with van der Waals surface area (Å²) in [5.74, 6) is -0.433. The predicted octanol–water partition coefficient (Wildman–Crippen LogP) is 2.94. The van der Waals surface area contributed by atoms with E-state index in [0.29, 0.717) is 22.6 Å². The molecule has 4 nitrogen and oxygen atoms in total. The Balaban J connectivity index is 2.27. The monoisotopic (exact) mass is 278 g/mol. The number of para-hydroxylation sites is 2. The van der Waals surface area contributed by atoms with Crippen LogP contribution in [-0.4, -0.2) is 8.42 Å². The molecule has 6 heteroatoms. The zero-order chi connectivity index (χ0) is 13.6. The maximum absolute atomic E-state index is 13.6. The third-order valence-electron chi connectivity index (χ3n) is 3.06. The van der Waals surface area contributed by atoms with Crippen LogP contribution in [0.5, 0.6) is 0 Å². The molecule has 1 heterocycles. The molecule has 0 bridgehead atoms. The van der Waals surface area contributed by atoms with Crippen molar-refractivity contribution in [2.75, 3.05) is 9.03 Å². The van der Waals surface area contributed by atoms with Gasteiger partial charge in [0.1, 0.15) is 5.82 Å². The van der Waals surface area contributed by atoms with Gasteiger partial charge in [0.15, 0.2) is 0 Å². The smallest absolute Gasteiger partial charge is 0.264 e. The normalized spacial score (nSPS) is 16.0. The molecule has 0 fully saturated rings. The van der Waals surface area contributed by atoms with Crippen LogP contribution in [-0.2, 0) is 10.2 Å². The predicted molar refractivity (Wildman–Crippen MR) is 72.3 cm³/mol. The Morgan fingerprint density at radius 1 is 1.05 bits per heavy atom. The molecular weight excluding hydrogens is 267 g/mol. The second-order valence-electron chi connectivity index (χ2n) is 4.27. The fourth-order valence-electron chi connectivity index (χ4n) is 2.13. The van der Waals surface area contributed by atoms with Gasteiger partial charge in [-0.2, -0.15) is 8.42 Å². The van der Waals surface area contributed by atoms with Gasteiger partial charge in [-0.1, -0.05) is 18.2 Å². The summed E-state index contributed by atoms with van der Waals surface area (Å²) in [5, 5.41) is 0. The first-order valence-corrected chi connectivity index (χ1v) is 7.12. The van der Waals surface area contributed by atoms with Crippen LogP contribution >= 0.6 is 0 Å². The summed E-state index contributed by atoms with van der Waals surface area (Å²) >= 11 is 0. The summed E-state index contributed by atoms with van der Waals surface area (Å²) in [6, 6.07) is 11.2. The maximum atomic E-state index is 13.6. The Bertz CT molecular complexity index is 759. The maximum Gasteiger partial charge on any atom is 0.328 e. The molecule has 0 saturated heterocycles. The minimum Gasteiger partial charge on any atom is -0.264 e. The zero-order valence-corrected chi connectivity index (χ0v) is 10.9. The molecular formula is C13H11FN2O2S. The summed E-state index contributed by atoms with van der Waals surface area (Å²) in [4.78, 5) is 0. The SMILES string of the molecule is Cc1c(F)cccc1N1c2ccccc2NS1(=O)=O. The van der Waals surface area contributed by atoms with Gasteiger partial charge in [-0.05, 0) is 31.2 Å². The standard InChI is InChI=1S/C13H11FN2O2S/c1-9-10(14)5-4-8-12(9)16-13-7-3-2-6-11(13)15-19(16,17)18/h2-8,15H,1H3. The van der Waals surface area contributed by atoms with Gasteiger partial charge in [0.05, 0.1) is 17.1 Å². The third kappa shape index (κ3) is 1.76. The second kappa shape index (κ2) is 3.96. The molecule has 19 heavy (non-hydrogen) atoms. The molecule has 3 rings (SSSR count). The number of nitrogens with zero attached hydrogens (tertiary/aromatic N) is 1. The van der Waals surface area contributed by atoms with Gasteiger partial charge in [-0.25, -0.2) is 8.70 Å². The van der Waals surface area contributed by atoms with Crippen molar-refractivity contribution in [2.24, 2.45) is 0 Å². The van der Waals surface area contributed by atoms with Gasteiger partial charge in [-0.3, -0.25) is 4.72 Å². The molecule has 0 radical (unpaired) electrons. The number of anilines is 3. The average Bonchev–Trinajstić information content (AvgIpc) is 2.63. The van der Waals surface area contributed by atoms with Crippen molar-refractivity contribution < 1.29 is 12.8 Å². The number of hydrogen-bond acceptors (Lipinski definition) is 2. The van der Waals surface area contributed by atoms with E-state index in [2.05, 4.69) is 4.72 Å². The second-order valence-corrected chi connectivity index (χ2v) is 5.79. The quantitative estimate of drug-likeness (QED) is 0.872. The van der Waals surface area contributed by atoms with Crippen molar-refractivity contribution in [3.8, 4) is 0 Å². The van der Waals surface area contributed by atoms with Gasteiger partial charge < -0.3 is 0 Å². The van der Waals surface area contributed by atoms with E-state index in [4.69, 9.17) is 0 Å². The molecule has 1 N–H and O–H groups in total. The summed E-state index contributed by atoms with van der Waals surface area (Å²) in [7, 11) is -3.72. The van der Waals surface area contributed by atoms with E-state index in [-0.39, 0.29) is 0 Å². The Kier molecular flexibility index (Phi) is 2.50. The highest BCUT2D eigenvalue weighted by Gasteiger charge is 2.34. The average molecular weight is 278 g/mol. The molecule has 0 aromatic heterocycles. The molecule has 0 aliphatic carbocycles. The summed E-state index contributed by atoms with van der Waals surface area (Å²) in [6.45, 7) is 1.56. The van der Waals surface area contributed by atoms with Crippen LogP contribution in [0.4, 0.5) is 21.5 Å². The van der Waals surface area contributed by atoms with Crippen molar-refractivity contribution in [1.82, 2.24) is 0 Å².